The molecule has 1 aromatic heterocycles. The molecule has 16 heavy (non-hydrogen) atoms. The average Bonchev–Trinajstić information content (AvgIpc) is 2.91. The van der Waals surface area contributed by atoms with E-state index >= 15 is 0 Å². The van der Waals surface area contributed by atoms with Crippen LogP contribution in [0.2, 0.25) is 0 Å². The summed E-state index contributed by atoms with van der Waals surface area (Å²) >= 11 is 0. The number of carbonyl (C=O) groups excluding carboxylic acids is 1. The topological polar surface area (TPSA) is 58.1 Å². The lowest BCUT2D eigenvalue weighted by molar-refractivity contribution is 0.0736. The Hall–Kier alpha value is -1.49. The van der Waals surface area contributed by atoms with Crippen molar-refractivity contribution in [2.75, 3.05) is 19.6 Å². The Labute approximate surface area is 93.9 Å². The number of fused-ring (bicyclic) bond motifs is 1. The van der Waals surface area contributed by atoms with Gasteiger partial charge in [-0.05, 0) is 18.4 Å². The molecule has 0 unspecified atom stereocenters. The van der Waals surface area contributed by atoms with Crippen molar-refractivity contribution in [2.45, 2.75) is 12.5 Å². The second-order valence-electron chi connectivity index (χ2n) is 4.40. The molecule has 0 radical (unpaired) electrons. The van der Waals surface area contributed by atoms with E-state index in [9.17, 15) is 4.79 Å². The number of amides is 1. The number of nitrogens with zero attached hydrogens (tertiary/aromatic N) is 3. The first-order chi connectivity index (χ1) is 7.86. The Kier molecular flexibility index (Phi) is 2.32. The molecule has 1 amide bonds. The van der Waals surface area contributed by atoms with Crippen LogP contribution in [-0.2, 0) is 0 Å². The van der Waals surface area contributed by atoms with Gasteiger partial charge in [0.15, 0.2) is 0 Å². The van der Waals surface area contributed by atoms with Gasteiger partial charge >= 0.3 is 0 Å². The van der Waals surface area contributed by atoms with Crippen LogP contribution >= 0.6 is 0 Å². The highest BCUT2D eigenvalue weighted by atomic mass is 16.2. The Bertz CT molecular complexity index is 394. The highest BCUT2D eigenvalue weighted by Crippen LogP contribution is 2.28. The molecule has 0 aromatic carbocycles. The number of nitrogens with one attached hydrogen (secondary N) is 1. The molecule has 2 aliphatic heterocycles. The molecule has 2 saturated heterocycles. The lowest BCUT2D eigenvalue weighted by Crippen LogP contribution is -2.39. The molecule has 3 rings (SSSR count). The molecule has 2 atom stereocenters. The van der Waals surface area contributed by atoms with E-state index in [2.05, 4.69) is 15.5 Å². The van der Waals surface area contributed by atoms with Gasteiger partial charge in [0.2, 0.25) is 0 Å². The Balaban J connectivity index is 1.81. The summed E-state index contributed by atoms with van der Waals surface area (Å²) in [4.78, 5) is 14.2. The number of hydrogen-bond donors (Lipinski definition) is 1. The standard InChI is InChI=1S/C11H14N4O/c16-11(9-1-3-13-14-6-9)15-4-2-8-5-12-7-10(8)15/h1,3,6,8,10,12H,2,4-5,7H2/t8-,10+/m0/s1. The van der Waals surface area contributed by atoms with Crippen LogP contribution in [0.4, 0.5) is 0 Å². The summed E-state index contributed by atoms with van der Waals surface area (Å²) in [5.41, 5.74) is 0.641. The van der Waals surface area contributed by atoms with Crippen LogP contribution in [0.15, 0.2) is 18.5 Å². The molecule has 0 saturated carbocycles. The van der Waals surface area contributed by atoms with Gasteiger partial charge in [0.05, 0.1) is 18.0 Å². The highest BCUT2D eigenvalue weighted by Gasteiger charge is 2.40. The summed E-state index contributed by atoms with van der Waals surface area (Å²) in [6.45, 7) is 2.84. The third-order valence-corrected chi connectivity index (χ3v) is 3.54. The molecule has 0 aliphatic carbocycles. The minimum absolute atomic E-state index is 0.0890. The SMILES string of the molecule is O=C(c1ccnnc1)N1CC[C@H]2CNC[C@H]21. The molecular formula is C11H14N4O. The van der Waals surface area contributed by atoms with Gasteiger partial charge in [-0.2, -0.15) is 10.2 Å². The van der Waals surface area contributed by atoms with Crippen molar-refractivity contribution in [1.29, 1.82) is 0 Å². The van der Waals surface area contributed by atoms with Crippen molar-refractivity contribution < 1.29 is 4.79 Å². The monoisotopic (exact) mass is 218 g/mol. The second-order valence-corrected chi connectivity index (χ2v) is 4.40. The zero-order chi connectivity index (χ0) is 11.0. The number of carbonyl (C=O) groups is 1. The first-order valence-electron chi connectivity index (χ1n) is 5.64. The second kappa shape index (κ2) is 3.83. The minimum Gasteiger partial charge on any atom is -0.334 e. The fourth-order valence-corrected chi connectivity index (χ4v) is 2.68. The van der Waals surface area contributed by atoms with Gasteiger partial charge in [-0.25, -0.2) is 0 Å². The maximum atomic E-state index is 12.2. The van der Waals surface area contributed by atoms with Gasteiger partial charge in [-0.3, -0.25) is 4.79 Å². The third-order valence-electron chi connectivity index (χ3n) is 3.54. The van der Waals surface area contributed by atoms with Crippen LogP contribution < -0.4 is 5.32 Å². The van der Waals surface area contributed by atoms with Crippen LogP contribution in [0.1, 0.15) is 16.8 Å². The predicted molar refractivity (Wildman–Crippen MR) is 57.8 cm³/mol. The lowest BCUT2D eigenvalue weighted by Gasteiger charge is -2.23. The van der Waals surface area contributed by atoms with E-state index in [0.29, 0.717) is 17.5 Å². The van der Waals surface area contributed by atoms with Gasteiger partial charge in [0.25, 0.3) is 5.91 Å². The summed E-state index contributed by atoms with van der Waals surface area (Å²) in [7, 11) is 0. The normalized spacial score (nSPS) is 28.1. The van der Waals surface area contributed by atoms with Crippen LogP contribution in [-0.4, -0.2) is 46.7 Å². The fourth-order valence-electron chi connectivity index (χ4n) is 2.68. The van der Waals surface area contributed by atoms with E-state index in [1.807, 2.05) is 4.90 Å². The molecule has 5 nitrogen and oxygen atoms in total. The van der Waals surface area contributed by atoms with Crippen molar-refractivity contribution in [1.82, 2.24) is 20.4 Å². The third kappa shape index (κ3) is 1.48. The summed E-state index contributed by atoms with van der Waals surface area (Å²) < 4.78 is 0. The van der Waals surface area contributed by atoms with Crippen molar-refractivity contribution >= 4 is 5.91 Å². The maximum Gasteiger partial charge on any atom is 0.255 e. The molecular weight excluding hydrogens is 204 g/mol. The van der Waals surface area contributed by atoms with E-state index < -0.39 is 0 Å². The molecule has 84 valence electrons. The molecule has 0 spiro atoms. The number of likely N-dealkylation sites (tertiary alicyclic amines) is 1. The Morgan fingerprint density at radius 1 is 1.44 bits per heavy atom. The molecule has 5 heteroatoms. The lowest BCUT2D eigenvalue weighted by atomic mass is 10.1. The van der Waals surface area contributed by atoms with Crippen LogP contribution in [0, 0.1) is 5.92 Å². The first-order valence-corrected chi connectivity index (χ1v) is 5.64. The molecule has 0 bridgehead atoms. The minimum atomic E-state index is 0.0890. The van der Waals surface area contributed by atoms with Crippen LogP contribution in [0.3, 0.4) is 0 Å². The summed E-state index contributed by atoms with van der Waals surface area (Å²) in [6, 6.07) is 2.10. The van der Waals surface area contributed by atoms with E-state index in [0.717, 1.165) is 26.1 Å². The van der Waals surface area contributed by atoms with Crippen molar-refractivity contribution in [3.05, 3.63) is 24.0 Å². The van der Waals surface area contributed by atoms with Crippen LogP contribution in [0.5, 0.6) is 0 Å². The van der Waals surface area contributed by atoms with E-state index in [1.54, 1.807) is 12.3 Å². The van der Waals surface area contributed by atoms with Crippen molar-refractivity contribution in [3.63, 3.8) is 0 Å². The molecule has 2 fully saturated rings. The van der Waals surface area contributed by atoms with E-state index in [1.165, 1.54) is 6.20 Å². The largest absolute Gasteiger partial charge is 0.334 e. The van der Waals surface area contributed by atoms with Gasteiger partial charge in [-0.1, -0.05) is 0 Å². The first kappa shape index (κ1) is 9.72. The maximum absolute atomic E-state index is 12.2. The quantitative estimate of drug-likeness (QED) is 0.715. The van der Waals surface area contributed by atoms with Gasteiger partial charge in [0.1, 0.15) is 0 Å². The summed E-state index contributed by atoms with van der Waals surface area (Å²) in [6.07, 6.45) is 4.22. The molecule has 2 aliphatic rings. The Morgan fingerprint density at radius 3 is 3.19 bits per heavy atom. The smallest absolute Gasteiger partial charge is 0.255 e. The van der Waals surface area contributed by atoms with Gasteiger partial charge < -0.3 is 10.2 Å². The number of hydrogen-bond acceptors (Lipinski definition) is 4. The highest BCUT2D eigenvalue weighted by molar-refractivity contribution is 5.94. The predicted octanol–water partition coefficient (Wildman–Crippen LogP) is -0.0895. The zero-order valence-electron chi connectivity index (χ0n) is 8.97. The summed E-state index contributed by atoms with van der Waals surface area (Å²) in [5, 5.41) is 10.8. The number of aromatic nitrogens is 2. The Morgan fingerprint density at radius 2 is 2.38 bits per heavy atom. The van der Waals surface area contributed by atoms with Crippen molar-refractivity contribution in [2.24, 2.45) is 5.92 Å². The summed E-state index contributed by atoms with van der Waals surface area (Å²) in [5.74, 6) is 0.727. The van der Waals surface area contributed by atoms with E-state index in [-0.39, 0.29) is 5.91 Å². The zero-order valence-corrected chi connectivity index (χ0v) is 8.97. The molecule has 3 heterocycles. The van der Waals surface area contributed by atoms with Gasteiger partial charge in [-0.15, -0.1) is 0 Å². The molecule has 1 N–H and O–H groups in total. The van der Waals surface area contributed by atoms with Gasteiger partial charge in [0, 0.05) is 25.7 Å². The fraction of sp³-hybridized carbons (Fsp3) is 0.545. The molecule has 1 aromatic rings. The van der Waals surface area contributed by atoms with Crippen molar-refractivity contribution in [3.8, 4) is 0 Å². The average molecular weight is 218 g/mol. The van der Waals surface area contributed by atoms with Crippen LogP contribution in [0.25, 0.3) is 0 Å². The number of rotatable bonds is 1. The van der Waals surface area contributed by atoms with E-state index in [4.69, 9.17) is 0 Å².